The van der Waals surface area contributed by atoms with Crippen LogP contribution in [0.2, 0.25) is 0 Å². The highest BCUT2D eigenvalue weighted by Gasteiger charge is 2.29. The second-order valence-electron chi connectivity index (χ2n) is 4.94. The lowest BCUT2D eigenvalue weighted by atomic mass is 9.98. The third-order valence-corrected chi connectivity index (χ3v) is 2.91. The third kappa shape index (κ3) is 4.66. The van der Waals surface area contributed by atoms with Crippen LogP contribution in [0.4, 0.5) is 0 Å². The lowest BCUT2D eigenvalue weighted by Crippen LogP contribution is -2.27. The standard InChI is InChI=1S/C12H25N/c1-4-5-12(11-6-7-11)9-13-8-10(2)3/h10-13H,4-9H2,1-3H3. The highest BCUT2D eigenvalue weighted by Crippen LogP contribution is 2.38. The number of nitrogens with one attached hydrogen (secondary N) is 1. The van der Waals surface area contributed by atoms with Crippen molar-refractivity contribution in [3.05, 3.63) is 0 Å². The maximum Gasteiger partial charge on any atom is -0.00178 e. The Hall–Kier alpha value is -0.0400. The van der Waals surface area contributed by atoms with E-state index in [9.17, 15) is 0 Å². The lowest BCUT2D eigenvalue weighted by Gasteiger charge is -2.16. The van der Waals surface area contributed by atoms with Crippen LogP contribution in [0.1, 0.15) is 46.5 Å². The monoisotopic (exact) mass is 183 g/mol. The zero-order valence-corrected chi connectivity index (χ0v) is 9.47. The van der Waals surface area contributed by atoms with Gasteiger partial charge in [-0.2, -0.15) is 0 Å². The van der Waals surface area contributed by atoms with Gasteiger partial charge in [0.15, 0.2) is 0 Å². The zero-order valence-electron chi connectivity index (χ0n) is 9.47. The van der Waals surface area contributed by atoms with Crippen molar-refractivity contribution in [3.8, 4) is 0 Å². The second kappa shape index (κ2) is 5.64. The van der Waals surface area contributed by atoms with Gasteiger partial charge in [-0.05, 0) is 50.1 Å². The molecule has 1 nitrogen and oxygen atoms in total. The SMILES string of the molecule is CCCC(CNCC(C)C)C1CC1. The molecule has 0 saturated heterocycles. The van der Waals surface area contributed by atoms with Crippen molar-refractivity contribution in [1.82, 2.24) is 5.32 Å². The van der Waals surface area contributed by atoms with Crippen molar-refractivity contribution in [1.29, 1.82) is 0 Å². The average molecular weight is 183 g/mol. The van der Waals surface area contributed by atoms with E-state index >= 15 is 0 Å². The van der Waals surface area contributed by atoms with E-state index in [0.717, 1.165) is 17.8 Å². The Morgan fingerprint density at radius 2 is 1.92 bits per heavy atom. The van der Waals surface area contributed by atoms with Gasteiger partial charge in [-0.3, -0.25) is 0 Å². The van der Waals surface area contributed by atoms with E-state index in [1.54, 1.807) is 0 Å². The Labute approximate surface area is 83.3 Å². The van der Waals surface area contributed by atoms with Crippen LogP contribution in [-0.4, -0.2) is 13.1 Å². The van der Waals surface area contributed by atoms with E-state index < -0.39 is 0 Å². The van der Waals surface area contributed by atoms with Gasteiger partial charge < -0.3 is 5.32 Å². The minimum atomic E-state index is 0.793. The van der Waals surface area contributed by atoms with Gasteiger partial charge in [0.25, 0.3) is 0 Å². The number of rotatable bonds is 7. The molecule has 0 aromatic carbocycles. The Morgan fingerprint density at radius 1 is 1.23 bits per heavy atom. The maximum absolute atomic E-state index is 3.59. The van der Waals surface area contributed by atoms with Gasteiger partial charge in [-0.15, -0.1) is 0 Å². The quantitative estimate of drug-likeness (QED) is 0.639. The van der Waals surface area contributed by atoms with E-state index in [1.807, 2.05) is 0 Å². The maximum atomic E-state index is 3.59. The fraction of sp³-hybridized carbons (Fsp3) is 1.00. The summed E-state index contributed by atoms with van der Waals surface area (Å²) in [5.41, 5.74) is 0. The summed E-state index contributed by atoms with van der Waals surface area (Å²) in [5.74, 6) is 2.84. The molecule has 1 aliphatic carbocycles. The van der Waals surface area contributed by atoms with Crippen LogP contribution in [0.3, 0.4) is 0 Å². The largest absolute Gasteiger partial charge is 0.316 e. The zero-order chi connectivity index (χ0) is 9.68. The summed E-state index contributed by atoms with van der Waals surface area (Å²) < 4.78 is 0. The molecule has 0 heterocycles. The van der Waals surface area contributed by atoms with Crippen molar-refractivity contribution in [2.24, 2.45) is 17.8 Å². The van der Waals surface area contributed by atoms with Crippen LogP contribution in [0, 0.1) is 17.8 Å². The third-order valence-electron chi connectivity index (χ3n) is 2.91. The molecular formula is C12H25N. The molecule has 0 bridgehead atoms. The number of hydrogen-bond acceptors (Lipinski definition) is 1. The summed E-state index contributed by atoms with van der Waals surface area (Å²) in [4.78, 5) is 0. The van der Waals surface area contributed by atoms with E-state index in [2.05, 4.69) is 26.1 Å². The van der Waals surface area contributed by atoms with E-state index in [-0.39, 0.29) is 0 Å². The van der Waals surface area contributed by atoms with Crippen molar-refractivity contribution in [3.63, 3.8) is 0 Å². The molecule has 1 rings (SSSR count). The first-order valence-corrected chi connectivity index (χ1v) is 5.94. The molecule has 1 unspecified atom stereocenters. The van der Waals surface area contributed by atoms with Crippen LogP contribution in [0.15, 0.2) is 0 Å². The van der Waals surface area contributed by atoms with Crippen molar-refractivity contribution < 1.29 is 0 Å². The molecule has 1 saturated carbocycles. The minimum Gasteiger partial charge on any atom is -0.316 e. The predicted molar refractivity (Wildman–Crippen MR) is 58.8 cm³/mol. The molecule has 78 valence electrons. The van der Waals surface area contributed by atoms with Gasteiger partial charge in [0.05, 0.1) is 0 Å². The Bertz CT molecular complexity index is 127. The van der Waals surface area contributed by atoms with Crippen molar-refractivity contribution in [2.75, 3.05) is 13.1 Å². The molecule has 0 aromatic heterocycles. The fourth-order valence-electron chi connectivity index (χ4n) is 2.00. The molecule has 0 amide bonds. The molecule has 1 aliphatic rings. The van der Waals surface area contributed by atoms with Crippen LogP contribution < -0.4 is 5.32 Å². The van der Waals surface area contributed by atoms with E-state index in [0.29, 0.717) is 0 Å². The molecule has 0 aromatic rings. The summed E-state index contributed by atoms with van der Waals surface area (Å²) in [5, 5.41) is 3.59. The first kappa shape index (κ1) is 11.0. The summed E-state index contributed by atoms with van der Waals surface area (Å²) >= 11 is 0. The smallest absolute Gasteiger partial charge is 0.00178 e. The van der Waals surface area contributed by atoms with Gasteiger partial charge in [-0.25, -0.2) is 0 Å². The summed E-state index contributed by atoms with van der Waals surface area (Å²) in [6.07, 6.45) is 5.77. The summed E-state index contributed by atoms with van der Waals surface area (Å²) in [7, 11) is 0. The van der Waals surface area contributed by atoms with Crippen molar-refractivity contribution in [2.45, 2.75) is 46.5 Å². The highest BCUT2D eigenvalue weighted by atomic mass is 14.9. The Morgan fingerprint density at radius 3 is 2.38 bits per heavy atom. The molecule has 1 fully saturated rings. The van der Waals surface area contributed by atoms with Crippen molar-refractivity contribution >= 4 is 0 Å². The normalized spacial score (nSPS) is 19.4. The first-order valence-electron chi connectivity index (χ1n) is 5.94. The van der Waals surface area contributed by atoms with Gasteiger partial charge in [0.1, 0.15) is 0 Å². The predicted octanol–water partition coefficient (Wildman–Crippen LogP) is 3.06. The van der Waals surface area contributed by atoms with Gasteiger partial charge >= 0.3 is 0 Å². The fourth-order valence-corrected chi connectivity index (χ4v) is 2.00. The molecule has 0 radical (unpaired) electrons. The van der Waals surface area contributed by atoms with E-state index in [1.165, 1.54) is 38.8 Å². The molecule has 0 aliphatic heterocycles. The van der Waals surface area contributed by atoms with Crippen LogP contribution in [0.5, 0.6) is 0 Å². The molecule has 1 N–H and O–H groups in total. The Balaban J connectivity index is 2.07. The lowest BCUT2D eigenvalue weighted by molar-refractivity contribution is 0.384. The van der Waals surface area contributed by atoms with Gasteiger partial charge in [-0.1, -0.05) is 27.2 Å². The molecule has 13 heavy (non-hydrogen) atoms. The highest BCUT2D eigenvalue weighted by molar-refractivity contribution is 4.82. The molecule has 1 atom stereocenters. The summed E-state index contributed by atoms with van der Waals surface area (Å²) in [6, 6.07) is 0. The van der Waals surface area contributed by atoms with Gasteiger partial charge in [0.2, 0.25) is 0 Å². The molecule has 1 heteroatoms. The average Bonchev–Trinajstić information content (AvgIpc) is 2.84. The van der Waals surface area contributed by atoms with E-state index in [4.69, 9.17) is 0 Å². The molecule has 0 spiro atoms. The van der Waals surface area contributed by atoms with Crippen LogP contribution in [0.25, 0.3) is 0 Å². The summed E-state index contributed by atoms with van der Waals surface area (Å²) in [6.45, 7) is 9.30. The first-order chi connectivity index (χ1) is 6.24. The Kier molecular flexibility index (Phi) is 4.79. The second-order valence-corrected chi connectivity index (χ2v) is 4.94. The van der Waals surface area contributed by atoms with Gasteiger partial charge in [0, 0.05) is 0 Å². The van der Waals surface area contributed by atoms with Crippen LogP contribution in [-0.2, 0) is 0 Å². The number of hydrogen-bond donors (Lipinski definition) is 1. The topological polar surface area (TPSA) is 12.0 Å². The van der Waals surface area contributed by atoms with Crippen LogP contribution >= 0.6 is 0 Å². The molecular weight excluding hydrogens is 158 g/mol. The minimum absolute atomic E-state index is 0.793.